The van der Waals surface area contributed by atoms with Crippen LogP contribution in [0, 0.1) is 0 Å². The average molecular weight is 296 g/mol. The number of anilines is 1. The molecule has 1 aliphatic rings. The Bertz CT molecular complexity index is 445. The minimum Gasteiger partial charge on any atom is -0.376 e. The van der Waals surface area contributed by atoms with Crippen LogP contribution in [0.15, 0.2) is 0 Å². The maximum atomic E-state index is 11.2. The van der Waals surface area contributed by atoms with E-state index in [4.69, 9.17) is 4.74 Å². The van der Waals surface area contributed by atoms with Crippen LogP contribution >= 0.6 is 11.3 Å². The van der Waals surface area contributed by atoms with E-state index in [1.165, 1.54) is 11.3 Å². The third kappa shape index (κ3) is 3.58. The summed E-state index contributed by atoms with van der Waals surface area (Å²) in [4.78, 5) is 18.9. The summed E-state index contributed by atoms with van der Waals surface area (Å²) in [5, 5.41) is 0.973. The molecule has 0 aromatic carbocycles. The highest BCUT2D eigenvalue weighted by Crippen LogP contribution is 2.31. The zero-order chi connectivity index (χ0) is 14.5. The summed E-state index contributed by atoms with van der Waals surface area (Å²) in [6.07, 6.45) is 4.54. The lowest BCUT2D eigenvalue weighted by atomic mass is 10.1. The largest absolute Gasteiger partial charge is 0.376 e. The van der Waals surface area contributed by atoms with E-state index in [0.29, 0.717) is 6.10 Å². The second-order valence-electron chi connectivity index (χ2n) is 5.60. The van der Waals surface area contributed by atoms with Gasteiger partial charge in [0.15, 0.2) is 11.4 Å². The van der Waals surface area contributed by atoms with E-state index >= 15 is 0 Å². The van der Waals surface area contributed by atoms with Gasteiger partial charge < -0.3 is 9.64 Å². The van der Waals surface area contributed by atoms with Gasteiger partial charge in [0.1, 0.15) is 0 Å². The number of aromatic nitrogens is 1. The molecule has 1 unspecified atom stereocenters. The molecule has 0 amide bonds. The summed E-state index contributed by atoms with van der Waals surface area (Å²) in [5.74, 6) is 0.289. The highest BCUT2D eigenvalue weighted by molar-refractivity contribution is 7.17. The van der Waals surface area contributed by atoms with Crippen molar-refractivity contribution in [3.8, 4) is 0 Å². The lowest BCUT2D eigenvalue weighted by Crippen LogP contribution is -2.39. The molecular weight excluding hydrogens is 272 g/mol. The average Bonchev–Trinajstić information content (AvgIpc) is 2.90. The molecule has 0 radical (unpaired) electrons. The van der Waals surface area contributed by atoms with E-state index in [-0.39, 0.29) is 5.92 Å². The van der Waals surface area contributed by atoms with Gasteiger partial charge in [-0.3, -0.25) is 4.79 Å². The predicted octanol–water partition coefficient (Wildman–Crippen LogP) is 3.47. The van der Waals surface area contributed by atoms with Gasteiger partial charge in [0.25, 0.3) is 0 Å². The molecule has 1 aliphatic heterocycles. The Morgan fingerprint density at radius 3 is 2.95 bits per heavy atom. The molecule has 0 bridgehead atoms. The Morgan fingerprint density at radius 1 is 1.55 bits per heavy atom. The fourth-order valence-corrected chi connectivity index (χ4v) is 3.57. The minimum absolute atomic E-state index is 0.289. The van der Waals surface area contributed by atoms with E-state index in [1.807, 2.05) is 0 Å². The van der Waals surface area contributed by atoms with Gasteiger partial charge in [-0.1, -0.05) is 32.1 Å². The highest BCUT2D eigenvalue weighted by atomic mass is 32.1. The number of carbonyl (C=O) groups excluding carboxylic acids is 1. The molecule has 1 aromatic heterocycles. The Labute approximate surface area is 125 Å². The van der Waals surface area contributed by atoms with Crippen molar-refractivity contribution >= 4 is 22.8 Å². The molecule has 20 heavy (non-hydrogen) atoms. The van der Waals surface area contributed by atoms with Crippen molar-refractivity contribution in [3.63, 3.8) is 0 Å². The van der Waals surface area contributed by atoms with Crippen molar-refractivity contribution in [1.29, 1.82) is 0 Å². The number of carbonyl (C=O) groups is 1. The van der Waals surface area contributed by atoms with Gasteiger partial charge in [-0.15, -0.1) is 0 Å². The van der Waals surface area contributed by atoms with E-state index in [2.05, 4.69) is 30.7 Å². The molecule has 4 nitrogen and oxygen atoms in total. The molecule has 112 valence electrons. The third-order valence-electron chi connectivity index (χ3n) is 3.53. The van der Waals surface area contributed by atoms with Crippen molar-refractivity contribution in [2.45, 2.75) is 52.1 Å². The predicted molar refractivity (Wildman–Crippen MR) is 83.1 cm³/mol. The van der Waals surface area contributed by atoms with Gasteiger partial charge in [0.05, 0.1) is 16.7 Å². The number of hydrogen-bond acceptors (Lipinski definition) is 5. The summed E-state index contributed by atoms with van der Waals surface area (Å²) in [6.45, 7) is 9.02. The van der Waals surface area contributed by atoms with Crippen LogP contribution in [0.2, 0.25) is 0 Å². The van der Waals surface area contributed by atoms with Crippen molar-refractivity contribution in [2.75, 3.05) is 24.6 Å². The number of rotatable bonds is 6. The smallest absolute Gasteiger partial charge is 0.186 e. The van der Waals surface area contributed by atoms with Gasteiger partial charge in [0.2, 0.25) is 0 Å². The molecule has 1 fully saturated rings. The van der Waals surface area contributed by atoms with Crippen LogP contribution < -0.4 is 4.90 Å². The van der Waals surface area contributed by atoms with Gasteiger partial charge in [0, 0.05) is 19.7 Å². The molecule has 0 aliphatic carbocycles. The van der Waals surface area contributed by atoms with E-state index in [9.17, 15) is 4.79 Å². The lowest BCUT2D eigenvalue weighted by molar-refractivity contribution is 0.0440. The Kier molecular flexibility index (Phi) is 5.54. The second-order valence-corrected chi connectivity index (χ2v) is 6.61. The zero-order valence-electron chi connectivity index (χ0n) is 12.6. The van der Waals surface area contributed by atoms with Crippen LogP contribution in [-0.4, -0.2) is 37.1 Å². The summed E-state index contributed by atoms with van der Waals surface area (Å²) in [7, 11) is 0. The van der Waals surface area contributed by atoms with Crippen molar-refractivity contribution in [1.82, 2.24) is 4.98 Å². The third-order valence-corrected chi connectivity index (χ3v) is 4.59. The normalized spacial score (nSPS) is 19.6. The van der Waals surface area contributed by atoms with Gasteiger partial charge in [-0.25, -0.2) is 4.98 Å². The van der Waals surface area contributed by atoms with Gasteiger partial charge in [-0.05, 0) is 25.2 Å². The maximum absolute atomic E-state index is 11.2. The van der Waals surface area contributed by atoms with E-state index in [0.717, 1.165) is 60.9 Å². The Hall–Kier alpha value is -0.940. The minimum atomic E-state index is 0.289. The maximum Gasteiger partial charge on any atom is 0.186 e. The number of piperidine rings is 1. The standard InChI is InChI=1S/C15H24N2O2S/c1-4-8-19-12-6-5-7-17(9-12)15-16-14(11(2)3)13(10-18)20-15/h10-12H,4-9H2,1-3H3. The number of thiazole rings is 1. The number of nitrogens with zero attached hydrogens (tertiary/aromatic N) is 2. The molecule has 0 spiro atoms. The Morgan fingerprint density at radius 2 is 2.35 bits per heavy atom. The molecule has 0 saturated carbocycles. The van der Waals surface area contributed by atoms with Crippen LogP contribution in [0.25, 0.3) is 0 Å². The van der Waals surface area contributed by atoms with Crippen LogP contribution in [0.5, 0.6) is 0 Å². The topological polar surface area (TPSA) is 42.4 Å². The number of aldehydes is 1. The first-order chi connectivity index (χ1) is 9.65. The van der Waals surface area contributed by atoms with E-state index < -0.39 is 0 Å². The summed E-state index contributed by atoms with van der Waals surface area (Å²) < 4.78 is 5.86. The first-order valence-corrected chi connectivity index (χ1v) is 8.29. The lowest BCUT2D eigenvalue weighted by Gasteiger charge is -2.32. The molecule has 1 saturated heterocycles. The van der Waals surface area contributed by atoms with E-state index in [1.54, 1.807) is 0 Å². The molecule has 2 heterocycles. The summed E-state index contributed by atoms with van der Waals surface area (Å²) >= 11 is 1.51. The first-order valence-electron chi connectivity index (χ1n) is 7.48. The second kappa shape index (κ2) is 7.18. The molecule has 0 N–H and O–H groups in total. The number of ether oxygens (including phenoxy) is 1. The molecule has 1 aromatic rings. The van der Waals surface area contributed by atoms with Crippen LogP contribution in [0.1, 0.15) is 61.3 Å². The summed E-state index contributed by atoms with van der Waals surface area (Å²) in [6, 6.07) is 0. The SMILES string of the molecule is CCCOC1CCCN(c2nc(C(C)C)c(C=O)s2)C1. The van der Waals surface area contributed by atoms with Crippen LogP contribution in [0.3, 0.4) is 0 Å². The van der Waals surface area contributed by atoms with Crippen molar-refractivity contribution in [2.24, 2.45) is 0 Å². The van der Waals surface area contributed by atoms with Crippen molar-refractivity contribution in [3.05, 3.63) is 10.6 Å². The zero-order valence-corrected chi connectivity index (χ0v) is 13.4. The molecule has 1 atom stereocenters. The molecule has 2 rings (SSSR count). The first kappa shape index (κ1) is 15.4. The highest BCUT2D eigenvalue weighted by Gasteiger charge is 2.24. The quantitative estimate of drug-likeness (QED) is 0.754. The van der Waals surface area contributed by atoms with Gasteiger partial charge >= 0.3 is 0 Å². The van der Waals surface area contributed by atoms with Crippen molar-refractivity contribution < 1.29 is 9.53 Å². The number of hydrogen-bond donors (Lipinski definition) is 0. The van der Waals surface area contributed by atoms with Gasteiger partial charge in [-0.2, -0.15) is 0 Å². The van der Waals surface area contributed by atoms with Crippen LogP contribution in [0.4, 0.5) is 5.13 Å². The Balaban J connectivity index is 2.08. The fraction of sp³-hybridized carbons (Fsp3) is 0.733. The monoisotopic (exact) mass is 296 g/mol. The molecule has 5 heteroatoms. The van der Waals surface area contributed by atoms with Crippen LogP contribution in [-0.2, 0) is 4.74 Å². The molecular formula is C15H24N2O2S. The summed E-state index contributed by atoms with van der Waals surface area (Å²) in [5.41, 5.74) is 0.927. The fourth-order valence-electron chi connectivity index (χ4n) is 2.50.